The standard InChI is InChI=1S/C39H64O18/c1-17-13-36(2)11-7-22-37(3,9-6-10-38(22,4)35(51)56-33-29(49)27(47)24(44)19(15-41)53-33)21(36)8-12-39(17,5)57-34-30(50)31(25(45)20(16-42)54-34)55-32-28(48)26(46)23(43)18(14-40)52-32/h18-34,40-50H,1,6-16H2,2-5H3/t18?,19?,20?,21-,22?,23?,24?,25?,26?,27?,28?,29?,30?,31?,32?,33?,34?,36-,37+,38-,39-/m1/s1. The van der Waals surface area contributed by atoms with E-state index < -0.39 is 129 Å². The zero-order valence-electron chi connectivity index (χ0n) is 33.1. The van der Waals surface area contributed by atoms with Crippen molar-refractivity contribution in [2.45, 2.75) is 177 Å². The predicted octanol–water partition coefficient (Wildman–Crippen LogP) is -2.30. The topological polar surface area (TPSA) is 295 Å². The van der Waals surface area contributed by atoms with E-state index in [0.29, 0.717) is 38.5 Å². The van der Waals surface area contributed by atoms with Gasteiger partial charge in [0.25, 0.3) is 0 Å². The van der Waals surface area contributed by atoms with Gasteiger partial charge in [-0.3, -0.25) is 4.79 Å². The summed E-state index contributed by atoms with van der Waals surface area (Å²) in [4.78, 5) is 14.1. The fourth-order valence-electron chi connectivity index (χ4n) is 11.3. The van der Waals surface area contributed by atoms with Crippen LogP contribution in [-0.4, -0.2) is 180 Å². The van der Waals surface area contributed by atoms with Crippen molar-refractivity contribution in [2.75, 3.05) is 19.8 Å². The summed E-state index contributed by atoms with van der Waals surface area (Å²) in [5, 5.41) is 114. The Morgan fingerprint density at radius 3 is 1.77 bits per heavy atom. The Bertz CT molecular complexity index is 1430. The highest BCUT2D eigenvalue weighted by atomic mass is 16.7. The summed E-state index contributed by atoms with van der Waals surface area (Å²) in [5.41, 5.74) is -2.03. The summed E-state index contributed by atoms with van der Waals surface area (Å²) in [6.45, 7) is 10.5. The minimum atomic E-state index is -1.82. The summed E-state index contributed by atoms with van der Waals surface area (Å²) in [6, 6.07) is 0. The molecule has 16 unspecified atom stereocenters. The highest BCUT2D eigenvalue weighted by Crippen LogP contribution is 2.68. The molecule has 11 N–H and O–H groups in total. The average Bonchev–Trinajstić information content (AvgIpc) is 3.27. The quantitative estimate of drug-likeness (QED) is 0.0861. The summed E-state index contributed by atoms with van der Waals surface area (Å²) < 4.78 is 35.0. The molecule has 3 saturated heterocycles. The maximum atomic E-state index is 14.1. The van der Waals surface area contributed by atoms with E-state index in [-0.39, 0.29) is 22.7 Å². The predicted molar refractivity (Wildman–Crippen MR) is 193 cm³/mol. The lowest BCUT2D eigenvalue weighted by molar-refractivity contribution is -0.367. The molecule has 3 saturated carbocycles. The van der Waals surface area contributed by atoms with Crippen LogP contribution in [0.1, 0.15) is 79.1 Å². The van der Waals surface area contributed by atoms with Crippen LogP contribution in [0.3, 0.4) is 0 Å². The second-order valence-electron chi connectivity index (χ2n) is 18.3. The van der Waals surface area contributed by atoms with Crippen molar-refractivity contribution >= 4 is 5.97 Å². The van der Waals surface area contributed by atoms with Crippen LogP contribution >= 0.6 is 0 Å². The van der Waals surface area contributed by atoms with Crippen molar-refractivity contribution in [1.82, 2.24) is 0 Å². The van der Waals surface area contributed by atoms with Crippen LogP contribution in [0.2, 0.25) is 0 Å². The Hall–Kier alpha value is -1.43. The Kier molecular flexibility index (Phi) is 13.3. The van der Waals surface area contributed by atoms with E-state index in [1.165, 1.54) is 0 Å². The van der Waals surface area contributed by atoms with Gasteiger partial charge in [-0.2, -0.15) is 0 Å². The second kappa shape index (κ2) is 16.8. The zero-order valence-corrected chi connectivity index (χ0v) is 33.1. The third-order valence-corrected chi connectivity index (χ3v) is 14.8. The number of aliphatic hydroxyl groups excluding tert-OH is 11. The van der Waals surface area contributed by atoms with Gasteiger partial charge in [0.2, 0.25) is 6.29 Å². The molecule has 57 heavy (non-hydrogen) atoms. The molecule has 0 bridgehead atoms. The number of esters is 1. The van der Waals surface area contributed by atoms with Crippen LogP contribution < -0.4 is 0 Å². The summed E-state index contributed by atoms with van der Waals surface area (Å²) in [6.07, 6.45) is -18.8. The van der Waals surface area contributed by atoms with Crippen LogP contribution in [0.25, 0.3) is 0 Å². The number of hydrogen-bond acceptors (Lipinski definition) is 18. The van der Waals surface area contributed by atoms with Gasteiger partial charge < -0.3 is 84.6 Å². The van der Waals surface area contributed by atoms with Gasteiger partial charge in [0.1, 0.15) is 73.2 Å². The van der Waals surface area contributed by atoms with Crippen LogP contribution in [0.4, 0.5) is 0 Å². The van der Waals surface area contributed by atoms with E-state index >= 15 is 0 Å². The maximum absolute atomic E-state index is 14.1. The van der Waals surface area contributed by atoms with E-state index in [1.807, 2.05) is 13.8 Å². The summed E-state index contributed by atoms with van der Waals surface area (Å²) in [5.74, 6) is -0.692. The fraction of sp³-hybridized carbons (Fsp3) is 0.923. The highest BCUT2D eigenvalue weighted by molar-refractivity contribution is 5.77. The van der Waals surface area contributed by atoms with Crippen molar-refractivity contribution in [3.8, 4) is 0 Å². The third-order valence-electron chi connectivity index (χ3n) is 14.8. The van der Waals surface area contributed by atoms with E-state index in [9.17, 15) is 61.0 Å². The highest BCUT2D eigenvalue weighted by Gasteiger charge is 2.64. The minimum Gasteiger partial charge on any atom is -0.432 e. The molecule has 6 fully saturated rings. The van der Waals surface area contributed by atoms with Gasteiger partial charge in [-0.1, -0.05) is 26.8 Å². The summed E-state index contributed by atoms with van der Waals surface area (Å²) in [7, 11) is 0. The lowest BCUT2D eigenvalue weighted by atomic mass is 9.42. The number of ether oxygens (including phenoxy) is 6. The zero-order chi connectivity index (χ0) is 42.0. The molecular formula is C39H64O18. The minimum absolute atomic E-state index is 0.0529. The monoisotopic (exact) mass is 820 g/mol. The maximum Gasteiger partial charge on any atom is 0.314 e. The Morgan fingerprint density at radius 1 is 0.649 bits per heavy atom. The molecule has 18 nitrogen and oxygen atoms in total. The Morgan fingerprint density at radius 2 is 1.18 bits per heavy atom. The molecule has 21 atom stereocenters. The van der Waals surface area contributed by atoms with Gasteiger partial charge >= 0.3 is 5.97 Å². The lowest BCUT2D eigenvalue weighted by Gasteiger charge is -2.62. The number of carbonyl (C=O) groups is 1. The largest absolute Gasteiger partial charge is 0.432 e. The molecular weight excluding hydrogens is 756 g/mol. The molecule has 18 heteroatoms. The number of carbonyl (C=O) groups excluding carboxylic acids is 1. The van der Waals surface area contributed by atoms with Gasteiger partial charge in [-0.05, 0) is 87.0 Å². The Balaban J connectivity index is 1.19. The molecule has 3 aliphatic carbocycles. The van der Waals surface area contributed by atoms with Gasteiger partial charge in [0.15, 0.2) is 12.6 Å². The summed E-state index contributed by atoms with van der Waals surface area (Å²) >= 11 is 0. The number of hydrogen-bond donors (Lipinski definition) is 11. The van der Waals surface area contributed by atoms with E-state index in [2.05, 4.69) is 20.4 Å². The van der Waals surface area contributed by atoms with Crippen molar-refractivity contribution < 1.29 is 89.4 Å². The van der Waals surface area contributed by atoms with Crippen LogP contribution in [0.5, 0.6) is 0 Å². The van der Waals surface area contributed by atoms with Crippen molar-refractivity contribution in [3.63, 3.8) is 0 Å². The Labute approximate surface area is 331 Å². The molecule has 6 aliphatic rings. The fourth-order valence-corrected chi connectivity index (χ4v) is 11.3. The molecule has 0 aromatic heterocycles. The smallest absolute Gasteiger partial charge is 0.314 e. The van der Waals surface area contributed by atoms with Gasteiger partial charge in [-0.25, -0.2) is 0 Å². The molecule has 3 heterocycles. The third kappa shape index (κ3) is 7.85. The van der Waals surface area contributed by atoms with Crippen LogP contribution in [0, 0.1) is 28.1 Å². The molecule has 0 amide bonds. The second-order valence-corrected chi connectivity index (χ2v) is 18.3. The van der Waals surface area contributed by atoms with Crippen molar-refractivity contribution in [3.05, 3.63) is 12.2 Å². The average molecular weight is 821 g/mol. The first-order valence-electron chi connectivity index (χ1n) is 20.2. The van der Waals surface area contributed by atoms with E-state index in [1.54, 1.807) is 0 Å². The molecule has 0 aromatic rings. The van der Waals surface area contributed by atoms with Crippen molar-refractivity contribution in [1.29, 1.82) is 0 Å². The molecule has 0 spiro atoms. The molecule has 3 aliphatic heterocycles. The van der Waals surface area contributed by atoms with Crippen molar-refractivity contribution in [2.24, 2.45) is 28.1 Å². The van der Waals surface area contributed by atoms with Gasteiger partial charge in [0, 0.05) is 0 Å². The lowest BCUT2D eigenvalue weighted by Crippen LogP contribution is -2.65. The number of aliphatic hydroxyl groups is 11. The molecule has 328 valence electrons. The molecule has 6 rings (SSSR count). The molecule has 0 aromatic carbocycles. The normalized spacial score (nSPS) is 53.3. The van der Waals surface area contributed by atoms with Gasteiger partial charge in [0.05, 0.1) is 30.8 Å². The SMILES string of the molecule is C=C1C[C@@]2(C)CCC3[C@](C)(C(=O)OC4OC(CO)C(O)C(O)C4O)CCC[C@@]3(C)[C@@H]2CC[C@@]1(C)OC1OC(CO)C(O)C(OC2OC(CO)C(O)C(O)C2O)C1O. The van der Waals surface area contributed by atoms with Crippen LogP contribution in [-0.2, 0) is 33.2 Å². The first-order chi connectivity index (χ1) is 26.7. The first-order valence-corrected chi connectivity index (χ1v) is 20.2. The van der Waals surface area contributed by atoms with E-state index in [0.717, 1.165) is 18.4 Å². The van der Waals surface area contributed by atoms with Crippen LogP contribution in [0.15, 0.2) is 12.2 Å². The molecule has 0 radical (unpaired) electrons. The first kappa shape index (κ1) is 45.1. The number of fused-ring (bicyclic) bond motifs is 3. The van der Waals surface area contributed by atoms with Gasteiger partial charge in [-0.15, -0.1) is 0 Å². The van der Waals surface area contributed by atoms with E-state index in [4.69, 9.17) is 28.4 Å². The number of rotatable bonds is 9.